The molecule has 3 aromatic rings. The molecule has 0 aliphatic heterocycles. The monoisotopic (exact) mass is 622 g/mol. The highest BCUT2D eigenvalue weighted by molar-refractivity contribution is 7.92. The van der Waals surface area contributed by atoms with Gasteiger partial charge in [-0.1, -0.05) is 61.9 Å². The number of ketones is 1. The number of hydrogen-bond acceptors (Lipinski definition) is 8. The fourth-order valence-corrected chi connectivity index (χ4v) is 6.75. The van der Waals surface area contributed by atoms with Crippen LogP contribution in [0.3, 0.4) is 0 Å². The van der Waals surface area contributed by atoms with Gasteiger partial charge < -0.3 is 4.42 Å². The fraction of sp³-hybridized carbons (Fsp3) is 0.296. The van der Waals surface area contributed by atoms with Crippen molar-refractivity contribution in [3.05, 3.63) is 89.2 Å². The molecule has 0 saturated carbocycles. The van der Waals surface area contributed by atoms with E-state index >= 15 is 0 Å². The first-order chi connectivity index (χ1) is 19.0. The zero-order chi connectivity index (χ0) is 30.2. The van der Waals surface area contributed by atoms with E-state index in [9.17, 15) is 34.6 Å². The van der Waals surface area contributed by atoms with E-state index < -0.39 is 46.7 Å². The molecule has 1 aliphatic rings. The van der Waals surface area contributed by atoms with Crippen molar-refractivity contribution in [2.24, 2.45) is 0 Å². The lowest BCUT2D eigenvalue weighted by Gasteiger charge is -2.32. The number of benzene rings is 2. The summed E-state index contributed by atoms with van der Waals surface area (Å²) < 4.78 is 92.5. The molecule has 3 N–H and O–H groups in total. The van der Waals surface area contributed by atoms with E-state index in [2.05, 4.69) is 9.44 Å². The van der Waals surface area contributed by atoms with Crippen LogP contribution in [-0.4, -0.2) is 53.4 Å². The number of carbonyl (C=O) groups is 1. The second-order valence-electron chi connectivity index (χ2n) is 9.90. The van der Waals surface area contributed by atoms with E-state index in [1.54, 1.807) is 24.3 Å². The minimum absolute atomic E-state index is 0.102. The van der Waals surface area contributed by atoms with Gasteiger partial charge in [-0.2, -0.15) is 13.1 Å². The highest BCUT2D eigenvalue weighted by Gasteiger charge is 2.38. The van der Waals surface area contributed by atoms with Gasteiger partial charge in [0.15, 0.2) is 5.78 Å². The number of nitrogens with one attached hydrogen (secondary N) is 2. The maximum atomic E-state index is 14.3. The van der Waals surface area contributed by atoms with Crippen molar-refractivity contribution in [2.45, 2.75) is 37.0 Å². The fourth-order valence-electron chi connectivity index (χ4n) is 4.79. The van der Waals surface area contributed by atoms with Crippen LogP contribution < -0.4 is 9.44 Å². The summed E-state index contributed by atoms with van der Waals surface area (Å²) in [5.41, 5.74) is -0.550. The number of anilines is 1. The van der Waals surface area contributed by atoms with Crippen LogP contribution in [0.2, 0.25) is 0 Å². The van der Waals surface area contributed by atoms with Gasteiger partial charge >= 0.3 is 0 Å². The summed E-state index contributed by atoms with van der Waals surface area (Å²) in [4.78, 5) is 14.3. The minimum Gasteiger partial charge on any atom is -0.460 e. The second kappa shape index (κ2) is 11.2. The molecule has 0 amide bonds. The molecule has 0 spiro atoms. The molecule has 11 nitrogen and oxygen atoms in total. The van der Waals surface area contributed by atoms with Crippen molar-refractivity contribution in [3.8, 4) is 0 Å². The Balaban J connectivity index is 1.93. The molecule has 14 heteroatoms. The van der Waals surface area contributed by atoms with Gasteiger partial charge in [0, 0.05) is 23.1 Å². The molecule has 2 aromatic carbocycles. The minimum atomic E-state index is -4.50. The zero-order valence-electron chi connectivity index (χ0n) is 22.5. The Bertz CT molecular complexity index is 1870. The van der Waals surface area contributed by atoms with Gasteiger partial charge in [0.05, 0.1) is 23.6 Å². The van der Waals surface area contributed by atoms with E-state index in [0.717, 1.165) is 31.1 Å². The summed E-state index contributed by atoms with van der Waals surface area (Å²) in [6.07, 6.45) is 8.70. The van der Waals surface area contributed by atoms with Crippen molar-refractivity contribution < 1.29 is 39.0 Å². The van der Waals surface area contributed by atoms with Crippen LogP contribution in [0.5, 0.6) is 0 Å². The van der Waals surface area contributed by atoms with Crippen LogP contribution in [0.1, 0.15) is 47.0 Å². The molecular weight excluding hydrogens is 593 g/mol. The molecule has 1 aromatic heterocycles. The van der Waals surface area contributed by atoms with Crippen molar-refractivity contribution in [1.29, 1.82) is 0 Å². The highest BCUT2D eigenvalue weighted by Crippen LogP contribution is 2.37. The Hall–Kier alpha value is -3.30. The van der Waals surface area contributed by atoms with Gasteiger partial charge in [-0.15, -0.1) is 0 Å². The Morgan fingerprint density at radius 2 is 1.63 bits per heavy atom. The van der Waals surface area contributed by atoms with Crippen LogP contribution in [0.4, 0.5) is 5.69 Å². The van der Waals surface area contributed by atoms with Crippen molar-refractivity contribution in [2.75, 3.05) is 17.2 Å². The molecule has 0 saturated heterocycles. The average molecular weight is 623 g/mol. The lowest BCUT2D eigenvalue weighted by atomic mass is 9.82. The van der Waals surface area contributed by atoms with Crippen LogP contribution in [-0.2, 0) is 42.1 Å². The van der Waals surface area contributed by atoms with Crippen molar-refractivity contribution in [3.63, 3.8) is 0 Å². The Morgan fingerprint density at radius 1 is 0.976 bits per heavy atom. The molecule has 0 unspecified atom stereocenters. The van der Waals surface area contributed by atoms with Gasteiger partial charge in [-0.25, -0.2) is 16.8 Å². The Kier molecular flexibility index (Phi) is 8.35. The molecule has 41 heavy (non-hydrogen) atoms. The summed E-state index contributed by atoms with van der Waals surface area (Å²) in [5, 5.41) is -1.03. The maximum absolute atomic E-state index is 14.3. The van der Waals surface area contributed by atoms with Crippen LogP contribution in [0.25, 0.3) is 11.0 Å². The zero-order valence-corrected chi connectivity index (χ0v) is 24.9. The van der Waals surface area contributed by atoms with E-state index in [0.29, 0.717) is 29.6 Å². The molecule has 0 radical (unpaired) electrons. The predicted octanol–water partition coefficient (Wildman–Crippen LogP) is 3.50. The Labute approximate surface area is 239 Å². The topological polar surface area (TPSA) is 177 Å². The molecule has 0 fully saturated rings. The highest BCUT2D eigenvalue weighted by atomic mass is 32.2. The number of rotatable bonds is 11. The van der Waals surface area contributed by atoms with Gasteiger partial charge in [0.2, 0.25) is 20.0 Å². The predicted molar refractivity (Wildman–Crippen MR) is 156 cm³/mol. The molecule has 220 valence electrons. The largest absolute Gasteiger partial charge is 0.460 e. The first-order valence-corrected chi connectivity index (χ1v) is 17.8. The number of carbonyl (C=O) groups excluding carboxylic acids is 1. The molecule has 1 aliphatic carbocycles. The maximum Gasteiger partial charge on any atom is 0.275 e. The molecule has 1 heterocycles. The normalized spacial score (nSPS) is 19.5. The summed E-state index contributed by atoms with van der Waals surface area (Å²) in [6, 6.07) is 10.9. The third-order valence-electron chi connectivity index (χ3n) is 6.46. The smallest absolute Gasteiger partial charge is 0.275 e. The van der Waals surface area contributed by atoms with E-state index in [1.807, 2.05) is 6.92 Å². The second-order valence-corrected chi connectivity index (χ2v) is 15.0. The molecule has 0 bridgehead atoms. The Morgan fingerprint density at radius 3 is 2.22 bits per heavy atom. The summed E-state index contributed by atoms with van der Waals surface area (Å²) >= 11 is 0. The molecular formula is C27H30N2O9S3. The molecule has 4 rings (SSSR count). The first kappa shape index (κ1) is 30.7. The number of aryl methyl sites for hydroxylation is 1. The van der Waals surface area contributed by atoms with Crippen LogP contribution in [0, 0.1) is 0 Å². The lowest BCUT2D eigenvalue weighted by Crippen LogP contribution is -2.45. The van der Waals surface area contributed by atoms with Gasteiger partial charge in [-0.3, -0.25) is 14.1 Å². The van der Waals surface area contributed by atoms with Crippen molar-refractivity contribution >= 4 is 52.6 Å². The van der Waals surface area contributed by atoms with Crippen LogP contribution in [0.15, 0.2) is 71.2 Å². The van der Waals surface area contributed by atoms with Gasteiger partial charge in [0.25, 0.3) is 10.1 Å². The van der Waals surface area contributed by atoms with E-state index in [-0.39, 0.29) is 22.4 Å². The van der Waals surface area contributed by atoms with E-state index in [1.165, 1.54) is 30.4 Å². The van der Waals surface area contributed by atoms with Gasteiger partial charge in [-0.05, 0) is 30.2 Å². The van der Waals surface area contributed by atoms with Gasteiger partial charge in [0.1, 0.15) is 16.6 Å². The standard InChI is InChI=1S/C27H30N2O9S3/c1-4-5-10-24-25(21-17-18(28-39(2,31)32)11-12-23(21)38-24)26(30)20-8-6-7-9-22(20)27(29-40(3,33)34)15-13-19(14-16-27)41(35,36)37/h6-9,11-17,19,28-29H,4-5,10H2,1-3H3,(H,35,36,37). The first-order valence-electron chi connectivity index (χ1n) is 12.5. The number of furan rings is 1. The van der Waals surface area contributed by atoms with Crippen molar-refractivity contribution in [1.82, 2.24) is 4.72 Å². The quantitative estimate of drug-likeness (QED) is 0.164. The SMILES string of the molecule is CCCCc1oc2ccc(NS(C)(=O)=O)cc2c1C(=O)c1ccccc1C1(NS(C)(=O)=O)C=CC(S(=O)(=O)O)C=C1. The molecule has 0 atom stereocenters. The number of unbranched alkanes of at least 4 members (excludes halogenated alkanes) is 1. The lowest BCUT2D eigenvalue weighted by molar-refractivity contribution is 0.103. The number of fused-ring (bicyclic) bond motifs is 1. The summed E-state index contributed by atoms with van der Waals surface area (Å²) in [6.45, 7) is 1.98. The summed E-state index contributed by atoms with van der Waals surface area (Å²) in [5.74, 6) is -0.111. The average Bonchev–Trinajstić information content (AvgIpc) is 3.22. The number of sulfonamides is 2. The summed E-state index contributed by atoms with van der Waals surface area (Å²) in [7, 11) is -12.0. The van der Waals surface area contributed by atoms with Crippen LogP contribution >= 0.6 is 0 Å². The third kappa shape index (κ3) is 6.96. The number of hydrogen-bond donors (Lipinski definition) is 3. The van der Waals surface area contributed by atoms with E-state index in [4.69, 9.17) is 4.42 Å². The third-order valence-corrected chi connectivity index (χ3v) is 8.78.